The summed E-state index contributed by atoms with van der Waals surface area (Å²) in [6.07, 6.45) is 0. The van der Waals surface area contributed by atoms with Gasteiger partial charge in [-0.05, 0) is 0 Å². The molecule has 0 unspecified atom stereocenters. The van der Waals surface area contributed by atoms with Gasteiger partial charge in [0.05, 0.1) is 0 Å². The van der Waals surface area contributed by atoms with E-state index in [4.69, 9.17) is 0 Å². The summed E-state index contributed by atoms with van der Waals surface area (Å²) in [6, 6.07) is 0. The molecule has 2 nitrogen and oxygen atoms in total. The Labute approximate surface area is 82.3 Å². The van der Waals surface area contributed by atoms with Crippen molar-refractivity contribution < 1.29 is 84.0 Å². The summed E-state index contributed by atoms with van der Waals surface area (Å²) in [7, 11) is 0. The van der Waals surface area contributed by atoms with Gasteiger partial charge in [-0.3, -0.25) is 0 Å². The fourth-order valence-electron chi connectivity index (χ4n) is 0. The van der Waals surface area contributed by atoms with Crippen LogP contribution in [0, 0.1) is 40.4 Å². The largest absolute Gasteiger partial charge is 3.00 e. The molecule has 19 valence electrons. The Balaban J connectivity index is 0. The zero-order valence-electron chi connectivity index (χ0n) is 1.80. The third kappa shape index (κ3) is 8.84. The molecule has 0 fully saturated rings. The molecule has 1 radical (unpaired) electrons. The number of hydrogen-bond acceptors (Lipinski definition) is 0. The van der Waals surface area contributed by atoms with Gasteiger partial charge in [0.25, 0.3) is 0 Å². The predicted octanol–water partition coefficient (Wildman–Crippen LogP) is -0.240. The van der Waals surface area contributed by atoms with E-state index in [-0.39, 0.29) is 84.0 Å². The standard InChI is InChI=1S/2O.Sm.Y/q2*-2;2*+3. The van der Waals surface area contributed by atoms with Crippen LogP contribution in [0.15, 0.2) is 0 Å². The first kappa shape index (κ1) is 32.8. The van der Waals surface area contributed by atoms with Crippen molar-refractivity contribution in [2.24, 2.45) is 0 Å². The van der Waals surface area contributed by atoms with Gasteiger partial charge in [0.2, 0.25) is 0 Å². The monoisotopic (exact) mass is 273 g/mol. The Kier molecular flexibility index (Phi) is 150. The Morgan fingerprint density at radius 2 is 0.750 bits per heavy atom. The van der Waals surface area contributed by atoms with Crippen molar-refractivity contribution in [3.8, 4) is 0 Å². The molecule has 0 amide bonds. The second kappa shape index (κ2) is 18.3. The van der Waals surface area contributed by atoms with E-state index in [2.05, 4.69) is 0 Å². The summed E-state index contributed by atoms with van der Waals surface area (Å²) in [5.41, 5.74) is 0. The van der Waals surface area contributed by atoms with Crippen molar-refractivity contribution in [1.82, 2.24) is 0 Å². The van der Waals surface area contributed by atoms with Crippen molar-refractivity contribution in [2.75, 3.05) is 0 Å². The van der Waals surface area contributed by atoms with Gasteiger partial charge < -0.3 is 11.0 Å². The van der Waals surface area contributed by atoms with E-state index < -0.39 is 0 Å². The molecule has 0 aromatic heterocycles. The van der Waals surface area contributed by atoms with Crippen molar-refractivity contribution in [3.63, 3.8) is 0 Å². The topological polar surface area (TPSA) is 57.0 Å². The minimum atomic E-state index is 0. The molecule has 0 aliphatic carbocycles. The molecule has 0 spiro atoms. The first-order chi connectivity index (χ1) is 0. The third-order valence-electron chi connectivity index (χ3n) is 0. The van der Waals surface area contributed by atoms with Crippen LogP contribution in [0.3, 0.4) is 0 Å². The SMILES string of the molecule is [O-2].[O-2].[Sm+3].[Y+3]. The second-order valence-electron chi connectivity index (χ2n) is 0. The van der Waals surface area contributed by atoms with Gasteiger partial charge in [-0.25, -0.2) is 0 Å². The van der Waals surface area contributed by atoms with Crippen LogP contribution >= 0.6 is 0 Å². The molecule has 0 aliphatic heterocycles. The Bertz CT molecular complexity index is 6.00. The van der Waals surface area contributed by atoms with E-state index >= 15 is 0 Å². The smallest absolute Gasteiger partial charge is 2.00 e. The summed E-state index contributed by atoms with van der Waals surface area (Å²) in [5.74, 6) is 0. The first-order valence-corrected chi connectivity index (χ1v) is 0. The van der Waals surface area contributed by atoms with Gasteiger partial charge >= 0.3 is 73.1 Å². The Morgan fingerprint density at radius 1 is 0.750 bits per heavy atom. The van der Waals surface area contributed by atoms with Crippen LogP contribution in [-0.2, 0) is 43.7 Å². The molecule has 0 heterocycles. The molecule has 0 bridgehead atoms. The third-order valence-corrected chi connectivity index (χ3v) is 0. The normalized spacial score (nSPS) is 0. The molecule has 0 aromatic rings. The molecular weight excluding hydrogens is 271 g/mol. The van der Waals surface area contributed by atoms with E-state index in [0.29, 0.717) is 0 Å². The summed E-state index contributed by atoms with van der Waals surface area (Å²) in [4.78, 5) is 0. The van der Waals surface area contributed by atoms with E-state index in [1.807, 2.05) is 0 Å². The molecule has 4 heavy (non-hydrogen) atoms. The van der Waals surface area contributed by atoms with Crippen LogP contribution in [0.5, 0.6) is 0 Å². The molecule has 0 aromatic carbocycles. The Morgan fingerprint density at radius 3 is 0.750 bits per heavy atom. The molecule has 0 saturated heterocycles. The molecule has 0 atom stereocenters. The molecule has 4 heteroatoms. The van der Waals surface area contributed by atoms with Crippen molar-refractivity contribution in [1.29, 1.82) is 0 Å². The number of rotatable bonds is 0. The minimum Gasteiger partial charge on any atom is -2.00 e. The van der Waals surface area contributed by atoms with Crippen LogP contribution in [0.2, 0.25) is 0 Å². The van der Waals surface area contributed by atoms with Gasteiger partial charge in [0.15, 0.2) is 0 Å². The van der Waals surface area contributed by atoms with Gasteiger partial charge in [-0.1, -0.05) is 0 Å². The van der Waals surface area contributed by atoms with Crippen LogP contribution in [0.25, 0.3) is 0 Å². The quantitative estimate of drug-likeness (QED) is 0.584. The van der Waals surface area contributed by atoms with Crippen LogP contribution in [-0.4, -0.2) is 0 Å². The molecule has 0 rings (SSSR count). The van der Waals surface area contributed by atoms with Crippen molar-refractivity contribution >= 4 is 0 Å². The summed E-state index contributed by atoms with van der Waals surface area (Å²) in [6.45, 7) is 0. The van der Waals surface area contributed by atoms with Crippen LogP contribution < -0.4 is 0 Å². The molecular formula is O2SmY+2. The van der Waals surface area contributed by atoms with Gasteiger partial charge in [0.1, 0.15) is 0 Å². The average molecular weight is 271 g/mol. The van der Waals surface area contributed by atoms with E-state index in [1.54, 1.807) is 0 Å². The maximum Gasteiger partial charge on any atom is 3.00 e. The molecule has 0 N–H and O–H groups in total. The average Bonchev–Trinajstić information content (AvgIpc) is 0. The van der Waals surface area contributed by atoms with Crippen LogP contribution in [0.1, 0.15) is 0 Å². The van der Waals surface area contributed by atoms with Crippen LogP contribution in [0.4, 0.5) is 0 Å². The minimum absolute atomic E-state index is 0. The zero-order valence-corrected chi connectivity index (χ0v) is 7.26. The van der Waals surface area contributed by atoms with Crippen molar-refractivity contribution in [2.45, 2.75) is 0 Å². The summed E-state index contributed by atoms with van der Waals surface area (Å²) >= 11 is 0. The summed E-state index contributed by atoms with van der Waals surface area (Å²) in [5, 5.41) is 0. The van der Waals surface area contributed by atoms with Gasteiger partial charge in [-0.2, -0.15) is 0 Å². The number of hydrogen-bond donors (Lipinski definition) is 0. The van der Waals surface area contributed by atoms with E-state index in [1.165, 1.54) is 0 Å². The predicted molar refractivity (Wildman–Crippen MR) is 1.37 cm³/mol. The van der Waals surface area contributed by atoms with Crippen molar-refractivity contribution in [3.05, 3.63) is 0 Å². The molecule has 0 aliphatic rings. The zero-order chi connectivity index (χ0) is 0. The first-order valence-electron chi connectivity index (χ1n) is 0. The maximum atomic E-state index is 0. The Hall–Kier alpha value is 2.36. The summed E-state index contributed by atoms with van der Waals surface area (Å²) < 4.78 is 0. The van der Waals surface area contributed by atoms with E-state index in [9.17, 15) is 0 Å². The van der Waals surface area contributed by atoms with Gasteiger partial charge in [-0.15, -0.1) is 0 Å². The fraction of sp³-hybridized carbons (Fsp3) is 0. The van der Waals surface area contributed by atoms with Gasteiger partial charge in [0, 0.05) is 0 Å². The second-order valence-corrected chi connectivity index (χ2v) is 0. The van der Waals surface area contributed by atoms with E-state index in [0.717, 1.165) is 0 Å². The maximum absolute atomic E-state index is 0. The molecule has 0 saturated carbocycles. The fourth-order valence-corrected chi connectivity index (χ4v) is 0.